The van der Waals surface area contributed by atoms with Crippen molar-refractivity contribution in [3.63, 3.8) is 0 Å². The van der Waals surface area contributed by atoms with Crippen molar-refractivity contribution in [3.8, 4) is 17.0 Å². The third-order valence-corrected chi connectivity index (χ3v) is 6.08. The van der Waals surface area contributed by atoms with E-state index in [1.807, 2.05) is 53.4 Å². The lowest BCUT2D eigenvalue weighted by Crippen LogP contribution is -2.48. The molecule has 0 unspecified atom stereocenters. The van der Waals surface area contributed by atoms with Crippen LogP contribution >= 0.6 is 0 Å². The van der Waals surface area contributed by atoms with E-state index in [-0.39, 0.29) is 5.91 Å². The molecular weight excluding hydrogens is 404 g/mol. The third kappa shape index (κ3) is 3.85. The molecule has 2 aromatic heterocycles. The van der Waals surface area contributed by atoms with Crippen LogP contribution in [0.1, 0.15) is 16.3 Å². The normalized spacial score (nSPS) is 14.8. The molecule has 0 saturated carbocycles. The minimum Gasteiger partial charge on any atom is -0.497 e. The minimum absolute atomic E-state index is 0.0194. The fraction of sp³-hybridized carbons (Fsp3) is 0.292. The maximum absolute atomic E-state index is 13.0. The Kier molecular flexibility index (Phi) is 5.36. The lowest BCUT2D eigenvalue weighted by Gasteiger charge is -2.34. The van der Waals surface area contributed by atoms with E-state index in [2.05, 4.69) is 32.8 Å². The number of para-hydroxylation sites is 2. The van der Waals surface area contributed by atoms with Gasteiger partial charge in [0, 0.05) is 38.8 Å². The maximum Gasteiger partial charge on any atom is 0.271 e. The molecule has 0 atom stereocenters. The van der Waals surface area contributed by atoms with Gasteiger partial charge in [-0.05, 0) is 30.3 Å². The zero-order chi connectivity index (χ0) is 22.1. The number of amides is 1. The molecule has 1 saturated heterocycles. The number of H-pyrrole nitrogens is 1. The predicted molar refractivity (Wildman–Crippen MR) is 122 cm³/mol. The van der Waals surface area contributed by atoms with Crippen LogP contribution in [0.4, 0.5) is 0 Å². The Morgan fingerprint density at radius 2 is 1.88 bits per heavy atom. The summed E-state index contributed by atoms with van der Waals surface area (Å²) in [6.45, 7) is 3.75. The molecular formula is C24H26N6O2. The van der Waals surface area contributed by atoms with Crippen LogP contribution in [0.3, 0.4) is 0 Å². The van der Waals surface area contributed by atoms with Crippen molar-refractivity contribution in [1.82, 2.24) is 29.5 Å². The average molecular weight is 431 g/mol. The van der Waals surface area contributed by atoms with Gasteiger partial charge in [0.2, 0.25) is 0 Å². The van der Waals surface area contributed by atoms with E-state index in [4.69, 9.17) is 9.72 Å². The lowest BCUT2D eigenvalue weighted by atomic mass is 10.1. The molecule has 164 valence electrons. The Balaban J connectivity index is 1.22. The van der Waals surface area contributed by atoms with Gasteiger partial charge < -0.3 is 14.2 Å². The molecule has 1 aliphatic rings. The summed E-state index contributed by atoms with van der Waals surface area (Å²) in [5.74, 6) is 1.78. The van der Waals surface area contributed by atoms with Gasteiger partial charge in [-0.15, -0.1) is 0 Å². The lowest BCUT2D eigenvalue weighted by molar-refractivity contribution is 0.0619. The van der Waals surface area contributed by atoms with Crippen LogP contribution in [0.5, 0.6) is 5.75 Å². The highest BCUT2D eigenvalue weighted by atomic mass is 16.5. The number of methoxy groups -OCH3 is 1. The molecule has 1 N–H and O–H groups in total. The van der Waals surface area contributed by atoms with Crippen LogP contribution < -0.4 is 4.74 Å². The molecule has 0 spiro atoms. The van der Waals surface area contributed by atoms with Crippen molar-refractivity contribution in [2.45, 2.75) is 6.54 Å². The van der Waals surface area contributed by atoms with Gasteiger partial charge in [-0.2, -0.15) is 5.10 Å². The number of piperazine rings is 1. The van der Waals surface area contributed by atoms with E-state index >= 15 is 0 Å². The summed E-state index contributed by atoms with van der Waals surface area (Å²) < 4.78 is 7.43. The van der Waals surface area contributed by atoms with Crippen LogP contribution in [0.25, 0.3) is 22.3 Å². The first kappa shape index (κ1) is 20.3. The van der Waals surface area contributed by atoms with E-state index in [0.29, 0.717) is 18.8 Å². The SMILES string of the molecule is COc1cccc(-c2cc(C(=O)N3CCN(Cc4nc5ccccc5n4C)CC3)[nH]n2)c1. The van der Waals surface area contributed by atoms with Gasteiger partial charge in [-0.1, -0.05) is 24.3 Å². The number of hydrogen-bond acceptors (Lipinski definition) is 5. The smallest absolute Gasteiger partial charge is 0.271 e. The molecule has 4 aromatic rings. The molecule has 0 aliphatic carbocycles. The number of ether oxygens (including phenoxy) is 1. The van der Waals surface area contributed by atoms with Crippen LogP contribution in [0.2, 0.25) is 0 Å². The molecule has 1 fully saturated rings. The summed E-state index contributed by atoms with van der Waals surface area (Å²) in [6.07, 6.45) is 0. The van der Waals surface area contributed by atoms with Gasteiger partial charge >= 0.3 is 0 Å². The second-order valence-electron chi connectivity index (χ2n) is 8.04. The number of fused-ring (bicyclic) bond motifs is 1. The van der Waals surface area contributed by atoms with Crippen molar-refractivity contribution in [2.24, 2.45) is 7.05 Å². The number of aryl methyl sites for hydroxylation is 1. The van der Waals surface area contributed by atoms with E-state index in [0.717, 1.165) is 53.5 Å². The number of rotatable bonds is 5. The van der Waals surface area contributed by atoms with E-state index < -0.39 is 0 Å². The Bertz CT molecular complexity index is 1250. The highest BCUT2D eigenvalue weighted by molar-refractivity contribution is 5.93. The van der Waals surface area contributed by atoms with E-state index in [1.54, 1.807) is 7.11 Å². The van der Waals surface area contributed by atoms with E-state index in [1.165, 1.54) is 0 Å². The molecule has 5 rings (SSSR count). The van der Waals surface area contributed by atoms with Crippen molar-refractivity contribution < 1.29 is 9.53 Å². The molecule has 0 bridgehead atoms. The van der Waals surface area contributed by atoms with Gasteiger partial charge in [0.05, 0.1) is 30.4 Å². The van der Waals surface area contributed by atoms with Crippen molar-refractivity contribution in [2.75, 3.05) is 33.3 Å². The number of imidazole rings is 1. The summed E-state index contributed by atoms with van der Waals surface area (Å²) in [5, 5.41) is 7.23. The first-order valence-corrected chi connectivity index (χ1v) is 10.7. The van der Waals surface area contributed by atoms with Gasteiger partial charge in [0.25, 0.3) is 5.91 Å². The monoisotopic (exact) mass is 430 g/mol. The molecule has 2 aromatic carbocycles. The average Bonchev–Trinajstić information content (AvgIpc) is 3.45. The summed E-state index contributed by atoms with van der Waals surface area (Å²) in [7, 11) is 3.69. The predicted octanol–water partition coefficient (Wildman–Crippen LogP) is 2.93. The quantitative estimate of drug-likeness (QED) is 0.527. The number of carbonyl (C=O) groups excluding carboxylic acids is 1. The highest BCUT2D eigenvalue weighted by Gasteiger charge is 2.24. The van der Waals surface area contributed by atoms with Crippen LogP contribution in [-0.2, 0) is 13.6 Å². The highest BCUT2D eigenvalue weighted by Crippen LogP contribution is 2.23. The number of hydrogen-bond donors (Lipinski definition) is 1. The Labute approximate surface area is 186 Å². The summed E-state index contributed by atoms with van der Waals surface area (Å²) in [6, 6.07) is 17.6. The summed E-state index contributed by atoms with van der Waals surface area (Å²) in [5.41, 5.74) is 4.30. The fourth-order valence-electron chi connectivity index (χ4n) is 4.18. The van der Waals surface area contributed by atoms with Gasteiger partial charge in [-0.3, -0.25) is 14.8 Å². The molecule has 8 heteroatoms. The van der Waals surface area contributed by atoms with Crippen molar-refractivity contribution in [1.29, 1.82) is 0 Å². The molecule has 1 amide bonds. The number of aromatic amines is 1. The maximum atomic E-state index is 13.0. The van der Waals surface area contributed by atoms with Crippen molar-refractivity contribution in [3.05, 3.63) is 66.1 Å². The second-order valence-corrected chi connectivity index (χ2v) is 8.04. The van der Waals surface area contributed by atoms with Gasteiger partial charge in [0.1, 0.15) is 17.3 Å². The first-order chi connectivity index (χ1) is 15.6. The molecule has 1 aliphatic heterocycles. The van der Waals surface area contributed by atoms with Crippen LogP contribution in [0, 0.1) is 0 Å². The van der Waals surface area contributed by atoms with Crippen LogP contribution in [0.15, 0.2) is 54.6 Å². The number of aromatic nitrogens is 4. The fourth-order valence-corrected chi connectivity index (χ4v) is 4.18. The standard InChI is InChI=1S/C24H26N6O2/c1-28-22-9-4-3-8-19(22)25-23(28)16-29-10-12-30(13-11-29)24(31)21-15-20(26-27-21)17-6-5-7-18(14-17)32-2/h3-9,14-15H,10-13,16H2,1-2H3,(H,26,27). The summed E-state index contributed by atoms with van der Waals surface area (Å²) in [4.78, 5) is 22.0. The molecule has 32 heavy (non-hydrogen) atoms. The zero-order valence-electron chi connectivity index (χ0n) is 18.3. The van der Waals surface area contributed by atoms with Crippen LogP contribution in [-0.4, -0.2) is 68.7 Å². The van der Waals surface area contributed by atoms with Crippen molar-refractivity contribution >= 4 is 16.9 Å². The number of benzene rings is 2. The number of nitrogens with zero attached hydrogens (tertiary/aromatic N) is 5. The largest absolute Gasteiger partial charge is 0.497 e. The van der Waals surface area contributed by atoms with Gasteiger partial charge in [-0.25, -0.2) is 4.98 Å². The Morgan fingerprint density at radius 1 is 1.06 bits per heavy atom. The third-order valence-electron chi connectivity index (χ3n) is 6.08. The number of nitrogens with one attached hydrogen (secondary N) is 1. The second kappa shape index (κ2) is 8.47. The minimum atomic E-state index is -0.0194. The Morgan fingerprint density at radius 3 is 2.66 bits per heavy atom. The molecule has 0 radical (unpaired) electrons. The zero-order valence-corrected chi connectivity index (χ0v) is 18.3. The Hall–Kier alpha value is -3.65. The molecule has 8 nitrogen and oxygen atoms in total. The first-order valence-electron chi connectivity index (χ1n) is 10.7. The summed E-state index contributed by atoms with van der Waals surface area (Å²) >= 11 is 0. The van der Waals surface area contributed by atoms with E-state index in [9.17, 15) is 4.79 Å². The van der Waals surface area contributed by atoms with Gasteiger partial charge in [0.15, 0.2) is 0 Å². The number of carbonyl (C=O) groups is 1. The topological polar surface area (TPSA) is 79.3 Å². The molecule has 3 heterocycles.